The average Bonchev–Trinajstić information content (AvgIpc) is 3.47. The molecule has 0 spiro atoms. The monoisotopic (exact) mass is 437 g/mol. The van der Waals surface area contributed by atoms with Gasteiger partial charge in [0.1, 0.15) is 0 Å². The van der Waals surface area contributed by atoms with Crippen molar-refractivity contribution in [3.8, 4) is 0 Å². The maximum absolute atomic E-state index is 13.2. The summed E-state index contributed by atoms with van der Waals surface area (Å²) in [5.41, 5.74) is 0.707. The van der Waals surface area contributed by atoms with Crippen molar-refractivity contribution in [2.45, 2.75) is 29.1 Å². The van der Waals surface area contributed by atoms with Crippen LogP contribution in [-0.4, -0.2) is 54.4 Å². The lowest BCUT2D eigenvalue weighted by atomic mass is 10.1. The minimum absolute atomic E-state index is 0.105. The quantitative estimate of drug-likeness (QED) is 0.529. The van der Waals surface area contributed by atoms with Gasteiger partial charge in [0.05, 0.1) is 26.0 Å². The highest BCUT2D eigenvalue weighted by Crippen LogP contribution is 2.29. The molecule has 29 heavy (non-hydrogen) atoms. The Morgan fingerprint density at radius 2 is 2.03 bits per heavy atom. The summed E-state index contributed by atoms with van der Waals surface area (Å²) in [6.07, 6.45) is 2.62. The topological polar surface area (TPSA) is 82.0 Å². The maximum Gasteiger partial charge on any atom is 0.280 e. The van der Waals surface area contributed by atoms with E-state index in [1.165, 1.54) is 0 Å². The number of carbonyl (C=O) groups excluding carboxylic acids is 1. The number of carbonyl (C=O) groups is 1. The van der Waals surface area contributed by atoms with Crippen LogP contribution in [0.5, 0.6) is 0 Å². The van der Waals surface area contributed by atoms with Crippen LogP contribution in [0.1, 0.15) is 18.4 Å². The first-order valence-electron chi connectivity index (χ1n) is 9.26. The molecule has 0 aliphatic carbocycles. The number of nitrogens with zero attached hydrogens (tertiary/aromatic N) is 2. The van der Waals surface area contributed by atoms with Crippen molar-refractivity contribution in [1.82, 2.24) is 4.98 Å². The lowest BCUT2D eigenvalue weighted by Crippen LogP contribution is -2.25. The summed E-state index contributed by atoms with van der Waals surface area (Å²) in [5.74, 6) is -0.511. The lowest BCUT2D eigenvalue weighted by molar-refractivity contribution is -0.110. The van der Waals surface area contributed by atoms with Crippen molar-refractivity contribution in [2.75, 3.05) is 31.7 Å². The molecule has 2 aliphatic heterocycles. The second-order valence-electron chi connectivity index (χ2n) is 6.58. The number of aromatic nitrogens is 1. The molecule has 1 aromatic carbocycles. The van der Waals surface area contributed by atoms with E-state index in [-0.39, 0.29) is 16.9 Å². The Morgan fingerprint density at radius 3 is 2.69 bits per heavy atom. The first kappa shape index (κ1) is 20.3. The zero-order valence-corrected chi connectivity index (χ0v) is 17.1. The molecule has 2 saturated heterocycles. The molecule has 0 saturated carbocycles. The summed E-state index contributed by atoms with van der Waals surface area (Å²) in [5, 5.41) is 6.80. The van der Waals surface area contributed by atoms with Crippen LogP contribution in [0.2, 0.25) is 0 Å². The molecule has 1 aromatic heterocycles. The number of hydrogen-bond donors (Lipinski definition) is 1. The third kappa shape index (κ3) is 5.53. The summed E-state index contributed by atoms with van der Waals surface area (Å²) in [7, 11) is 0. The smallest absolute Gasteiger partial charge is 0.280 e. The summed E-state index contributed by atoms with van der Waals surface area (Å²) in [4.78, 5) is 23.2. The molecule has 1 amide bonds. The van der Waals surface area contributed by atoms with E-state index >= 15 is 0 Å². The van der Waals surface area contributed by atoms with Crippen molar-refractivity contribution in [3.05, 3.63) is 41.2 Å². The van der Waals surface area contributed by atoms with Crippen LogP contribution in [0.3, 0.4) is 0 Å². The molecule has 3 heterocycles. The molecule has 7 nitrogen and oxygen atoms in total. The number of anilines is 1. The fourth-order valence-electron chi connectivity index (χ4n) is 2.91. The second-order valence-corrected chi connectivity index (χ2v) is 8.94. The predicted octanol–water partition coefficient (Wildman–Crippen LogP) is 3.31. The average molecular weight is 438 g/mol. The molecule has 10 heteroatoms. The van der Waals surface area contributed by atoms with Gasteiger partial charge >= 0.3 is 0 Å². The highest BCUT2D eigenvalue weighted by Gasteiger charge is 2.22. The Labute approximate surface area is 175 Å². The van der Waals surface area contributed by atoms with Gasteiger partial charge in [-0.05, 0) is 18.6 Å². The minimum Gasteiger partial charge on any atom is -0.389 e. The Morgan fingerprint density at radius 1 is 1.24 bits per heavy atom. The molecular formula is C19H20FN3O4S2. The van der Waals surface area contributed by atoms with Gasteiger partial charge in [0.2, 0.25) is 0 Å². The van der Waals surface area contributed by atoms with Crippen molar-refractivity contribution >= 4 is 39.8 Å². The van der Waals surface area contributed by atoms with Gasteiger partial charge in [0.15, 0.2) is 22.1 Å². The fraction of sp³-hybridized carbons (Fsp3) is 0.421. The van der Waals surface area contributed by atoms with Crippen LogP contribution in [0.4, 0.5) is 9.52 Å². The van der Waals surface area contributed by atoms with Crippen LogP contribution in [0.15, 0.2) is 40.5 Å². The first-order valence-corrected chi connectivity index (χ1v) is 11.0. The molecule has 0 unspecified atom stereocenters. The number of ether oxygens (including phenoxy) is 2. The van der Waals surface area contributed by atoms with E-state index in [1.54, 1.807) is 11.8 Å². The summed E-state index contributed by atoms with van der Waals surface area (Å²) in [6, 6.07) is 7.55. The lowest BCUT2D eigenvalue weighted by Gasteiger charge is -2.11. The molecule has 2 aliphatic rings. The number of rotatable bonds is 7. The van der Waals surface area contributed by atoms with Crippen LogP contribution in [-0.2, 0) is 19.1 Å². The highest BCUT2D eigenvalue weighted by atomic mass is 32.2. The number of benzene rings is 1. The largest absolute Gasteiger partial charge is 0.389 e. The molecule has 2 atom stereocenters. The Balaban J connectivity index is 1.50. The number of oxime groups is 1. The molecule has 0 radical (unpaired) electrons. The fourth-order valence-corrected chi connectivity index (χ4v) is 4.50. The van der Waals surface area contributed by atoms with Crippen molar-refractivity contribution in [1.29, 1.82) is 0 Å². The third-order valence-corrected chi connectivity index (χ3v) is 6.36. The second kappa shape index (κ2) is 9.66. The van der Waals surface area contributed by atoms with Gasteiger partial charge in [-0.3, -0.25) is 10.1 Å². The molecule has 154 valence electrons. The van der Waals surface area contributed by atoms with Crippen LogP contribution < -0.4 is 5.32 Å². The maximum atomic E-state index is 13.2. The summed E-state index contributed by atoms with van der Waals surface area (Å²) >= 11 is 2.51. The van der Waals surface area contributed by atoms with Crippen molar-refractivity contribution < 1.29 is 23.5 Å². The normalized spacial score (nSPS) is 22.0. The molecule has 2 aromatic rings. The molecule has 1 N–H and O–H groups in total. The summed E-state index contributed by atoms with van der Waals surface area (Å²) in [6.45, 7) is 2.60. The SMILES string of the molecule is O=C(Nc1ncc(F)s1)/C(=N/O[C@@H]1CCOC1)c1ccc(S[C@H]2CCOC2)cc1. The number of amides is 1. The van der Waals surface area contributed by atoms with Gasteiger partial charge in [0.25, 0.3) is 5.91 Å². The third-order valence-electron chi connectivity index (χ3n) is 4.41. The van der Waals surface area contributed by atoms with E-state index < -0.39 is 11.0 Å². The van der Waals surface area contributed by atoms with E-state index in [2.05, 4.69) is 15.5 Å². The van der Waals surface area contributed by atoms with Crippen LogP contribution in [0.25, 0.3) is 0 Å². The van der Waals surface area contributed by atoms with E-state index in [9.17, 15) is 9.18 Å². The zero-order valence-electron chi connectivity index (χ0n) is 15.5. The highest BCUT2D eigenvalue weighted by molar-refractivity contribution is 8.00. The van der Waals surface area contributed by atoms with Crippen molar-refractivity contribution in [2.24, 2.45) is 5.16 Å². The van der Waals surface area contributed by atoms with Crippen molar-refractivity contribution in [3.63, 3.8) is 0 Å². The van der Waals surface area contributed by atoms with Gasteiger partial charge in [0, 0.05) is 28.7 Å². The van der Waals surface area contributed by atoms with E-state index in [4.69, 9.17) is 14.3 Å². The van der Waals surface area contributed by atoms with Crippen LogP contribution in [0, 0.1) is 5.13 Å². The number of thiazole rings is 1. The van der Waals surface area contributed by atoms with Gasteiger partial charge < -0.3 is 14.3 Å². The Bertz CT molecular complexity index is 863. The van der Waals surface area contributed by atoms with Gasteiger partial charge in [-0.2, -0.15) is 4.39 Å². The zero-order chi connectivity index (χ0) is 20.1. The number of hydrogen-bond acceptors (Lipinski definition) is 8. The molecule has 0 bridgehead atoms. The Kier molecular flexibility index (Phi) is 6.75. The van der Waals surface area contributed by atoms with Gasteiger partial charge in [-0.1, -0.05) is 28.6 Å². The molecule has 2 fully saturated rings. The molecular weight excluding hydrogens is 417 g/mol. The number of nitrogens with one attached hydrogen (secondary N) is 1. The number of thioether (sulfide) groups is 1. The predicted molar refractivity (Wildman–Crippen MR) is 109 cm³/mol. The van der Waals surface area contributed by atoms with Gasteiger partial charge in [-0.25, -0.2) is 4.98 Å². The number of halogens is 1. The molecule has 4 rings (SSSR count). The van der Waals surface area contributed by atoms with Crippen LogP contribution >= 0.6 is 23.1 Å². The van der Waals surface area contributed by atoms with Gasteiger partial charge in [-0.15, -0.1) is 11.8 Å². The van der Waals surface area contributed by atoms with E-state index in [0.29, 0.717) is 24.0 Å². The standard InChI is InChI=1S/C19H20FN3O4S2/c20-16-9-21-19(29-16)22-18(24)17(23-27-13-5-7-25-10-13)12-1-3-14(4-2-12)28-15-6-8-26-11-15/h1-4,9,13,15H,5-8,10-11H2,(H,21,22,24)/b23-17+/t13-,15+/m1/s1. The van der Waals surface area contributed by atoms with E-state index in [0.717, 1.165) is 48.5 Å². The Hall–Kier alpha value is -2.01. The van der Waals surface area contributed by atoms with E-state index in [1.807, 2.05) is 24.3 Å². The first-order chi connectivity index (χ1) is 14.2. The summed E-state index contributed by atoms with van der Waals surface area (Å²) < 4.78 is 23.9. The minimum atomic E-state index is -0.511.